The minimum absolute atomic E-state index is 0.0234. The molecule has 2 aromatic carbocycles. The standard InChI is InChI=1S/C30H29ClF5N7OS/c31-20-8-18-23(22(33)21(20)17-4-5-19(30(34,35)36)25-24(17)39-27(37)45-25)40-28(41-26(18)42-11-15-2-3-16(12-42)38-15)44-13-29-6-1-7-43(29)10-14(32)9-29/h4-5,8,14-16,38H,1-3,6-7,9-13H2,(H2,37,39)/t14-,15?,16?,29?/m1/s1. The van der Waals surface area contributed by atoms with Gasteiger partial charge in [-0.05, 0) is 44.4 Å². The van der Waals surface area contributed by atoms with Crippen molar-refractivity contribution < 1.29 is 26.7 Å². The summed E-state index contributed by atoms with van der Waals surface area (Å²) in [4.78, 5) is 17.6. The molecule has 8 rings (SSSR count). The van der Waals surface area contributed by atoms with Crippen LogP contribution in [-0.2, 0) is 6.18 Å². The van der Waals surface area contributed by atoms with Gasteiger partial charge in [-0.1, -0.05) is 29.0 Å². The van der Waals surface area contributed by atoms with E-state index in [0.29, 0.717) is 48.6 Å². The van der Waals surface area contributed by atoms with E-state index in [1.807, 2.05) is 0 Å². The summed E-state index contributed by atoms with van der Waals surface area (Å²) in [6.07, 6.45) is -1.52. The second-order valence-electron chi connectivity index (χ2n) is 12.6. The summed E-state index contributed by atoms with van der Waals surface area (Å²) >= 11 is 7.42. The van der Waals surface area contributed by atoms with Gasteiger partial charge in [0.1, 0.15) is 24.1 Å². The van der Waals surface area contributed by atoms with Crippen molar-refractivity contribution in [1.29, 1.82) is 0 Å². The molecule has 8 nitrogen and oxygen atoms in total. The van der Waals surface area contributed by atoms with Crippen LogP contribution in [0.1, 0.15) is 37.7 Å². The largest absolute Gasteiger partial charge is 0.461 e. The highest BCUT2D eigenvalue weighted by atomic mass is 35.5. The topological polar surface area (TPSA) is 92.4 Å². The summed E-state index contributed by atoms with van der Waals surface area (Å²) in [5.74, 6) is -0.367. The molecule has 3 unspecified atom stereocenters. The summed E-state index contributed by atoms with van der Waals surface area (Å²) in [7, 11) is 0. The summed E-state index contributed by atoms with van der Waals surface area (Å²) in [6.45, 7) is 2.58. The molecule has 4 aliphatic heterocycles. The first-order valence-corrected chi connectivity index (χ1v) is 16.2. The zero-order chi connectivity index (χ0) is 31.2. The van der Waals surface area contributed by atoms with Crippen LogP contribution in [0.4, 0.5) is 32.9 Å². The van der Waals surface area contributed by atoms with E-state index in [0.717, 1.165) is 44.4 Å². The number of thiazole rings is 1. The highest BCUT2D eigenvalue weighted by Crippen LogP contribution is 2.46. The lowest BCUT2D eigenvalue weighted by Gasteiger charge is -2.34. The Morgan fingerprint density at radius 1 is 1.11 bits per heavy atom. The number of nitrogen functional groups attached to an aromatic ring is 1. The minimum Gasteiger partial charge on any atom is -0.461 e. The number of nitrogens with two attached hydrogens (primary N) is 1. The average molecular weight is 666 g/mol. The maximum Gasteiger partial charge on any atom is 0.417 e. The minimum atomic E-state index is -4.66. The van der Waals surface area contributed by atoms with E-state index in [-0.39, 0.29) is 61.7 Å². The lowest BCUT2D eigenvalue weighted by molar-refractivity contribution is -0.136. The van der Waals surface area contributed by atoms with E-state index >= 15 is 4.39 Å². The molecule has 4 saturated heterocycles. The number of alkyl halides is 4. The van der Waals surface area contributed by atoms with E-state index in [2.05, 4.69) is 25.1 Å². The van der Waals surface area contributed by atoms with Crippen LogP contribution in [-0.4, -0.2) is 76.4 Å². The number of ether oxygens (including phenoxy) is 1. The van der Waals surface area contributed by atoms with E-state index in [1.165, 1.54) is 0 Å². The van der Waals surface area contributed by atoms with E-state index in [1.54, 1.807) is 6.07 Å². The molecule has 3 N–H and O–H groups in total. The molecule has 2 bridgehead atoms. The molecule has 0 radical (unpaired) electrons. The Hall–Kier alpha value is -3.07. The Balaban J connectivity index is 1.27. The number of hydrogen-bond acceptors (Lipinski definition) is 9. The van der Waals surface area contributed by atoms with Crippen LogP contribution in [0.25, 0.3) is 32.2 Å². The van der Waals surface area contributed by atoms with Crippen molar-refractivity contribution in [3.05, 3.63) is 34.6 Å². The number of piperazine rings is 1. The Labute approximate surface area is 263 Å². The summed E-state index contributed by atoms with van der Waals surface area (Å²) in [6, 6.07) is 4.06. The van der Waals surface area contributed by atoms with Crippen LogP contribution < -0.4 is 20.7 Å². The van der Waals surface area contributed by atoms with Gasteiger partial charge >= 0.3 is 12.2 Å². The van der Waals surface area contributed by atoms with Crippen LogP contribution in [0.2, 0.25) is 5.02 Å². The van der Waals surface area contributed by atoms with Gasteiger partial charge in [0.15, 0.2) is 10.9 Å². The first-order chi connectivity index (χ1) is 21.5. The average Bonchev–Trinajstić information content (AvgIpc) is 3.72. The van der Waals surface area contributed by atoms with E-state index in [4.69, 9.17) is 27.1 Å². The number of aromatic nitrogens is 3. The maximum atomic E-state index is 16.8. The summed E-state index contributed by atoms with van der Waals surface area (Å²) < 4.78 is 78.6. The van der Waals surface area contributed by atoms with Crippen molar-refractivity contribution >= 4 is 55.0 Å². The van der Waals surface area contributed by atoms with Crippen LogP contribution in [0.3, 0.4) is 0 Å². The second-order valence-corrected chi connectivity index (χ2v) is 14.0. The fourth-order valence-electron chi connectivity index (χ4n) is 7.78. The van der Waals surface area contributed by atoms with Crippen LogP contribution in [0, 0.1) is 5.82 Å². The zero-order valence-electron chi connectivity index (χ0n) is 23.9. The van der Waals surface area contributed by atoms with Crippen molar-refractivity contribution in [3.63, 3.8) is 0 Å². The van der Waals surface area contributed by atoms with Gasteiger partial charge < -0.3 is 20.7 Å². The SMILES string of the molecule is Nc1nc2c(-c3c(Cl)cc4c(N5CC6CCC(C5)N6)nc(OCC56CCCN5C[C@H](F)C6)nc4c3F)ccc(C(F)(F)F)c2s1. The molecular formula is C30H29ClF5N7OS. The third-order valence-electron chi connectivity index (χ3n) is 9.72. The third-order valence-corrected chi connectivity index (χ3v) is 10.9. The highest BCUT2D eigenvalue weighted by molar-refractivity contribution is 7.22. The molecule has 0 spiro atoms. The number of rotatable bonds is 5. The van der Waals surface area contributed by atoms with Gasteiger partial charge in [0, 0.05) is 54.7 Å². The fourth-order valence-corrected chi connectivity index (χ4v) is 8.96. The number of nitrogens with one attached hydrogen (secondary N) is 1. The molecule has 4 atom stereocenters. The number of halogens is 6. The van der Waals surface area contributed by atoms with E-state index in [9.17, 15) is 17.6 Å². The second kappa shape index (κ2) is 10.5. The van der Waals surface area contributed by atoms with Crippen LogP contribution in [0.15, 0.2) is 18.2 Å². The lowest BCUT2D eigenvalue weighted by atomic mass is 9.95. The highest BCUT2D eigenvalue weighted by Gasteiger charge is 2.49. The van der Waals surface area contributed by atoms with Gasteiger partial charge in [-0.25, -0.2) is 13.8 Å². The number of nitrogens with zero attached hydrogens (tertiary/aromatic N) is 5. The molecule has 15 heteroatoms. The zero-order valence-corrected chi connectivity index (χ0v) is 25.5. The van der Waals surface area contributed by atoms with Gasteiger partial charge in [0.25, 0.3) is 0 Å². The van der Waals surface area contributed by atoms with Gasteiger partial charge in [-0.15, -0.1) is 0 Å². The molecule has 45 heavy (non-hydrogen) atoms. The number of anilines is 2. The third kappa shape index (κ3) is 4.86. The smallest absolute Gasteiger partial charge is 0.417 e. The molecule has 0 aliphatic carbocycles. The molecular weight excluding hydrogens is 637 g/mol. The fraction of sp³-hybridized carbons (Fsp3) is 0.500. The molecule has 238 valence electrons. The number of benzene rings is 2. The predicted molar refractivity (Wildman–Crippen MR) is 163 cm³/mol. The molecule has 4 aliphatic rings. The number of hydrogen-bond donors (Lipinski definition) is 2. The Bertz CT molecular complexity index is 1830. The Morgan fingerprint density at radius 2 is 1.89 bits per heavy atom. The summed E-state index contributed by atoms with van der Waals surface area (Å²) in [5, 5.41) is 3.83. The Kier molecular flexibility index (Phi) is 6.83. The van der Waals surface area contributed by atoms with Crippen LogP contribution in [0.5, 0.6) is 6.01 Å². The van der Waals surface area contributed by atoms with E-state index < -0.39 is 29.3 Å². The number of fused-ring (bicyclic) bond motifs is 5. The van der Waals surface area contributed by atoms with Crippen molar-refractivity contribution in [2.45, 2.75) is 62.1 Å². The van der Waals surface area contributed by atoms with Crippen molar-refractivity contribution in [3.8, 4) is 17.1 Å². The first-order valence-electron chi connectivity index (χ1n) is 15.0. The van der Waals surface area contributed by atoms with Crippen molar-refractivity contribution in [2.24, 2.45) is 0 Å². The molecule has 2 aromatic heterocycles. The van der Waals surface area contributed by atoms with Crippen molar-refractivity contribution in [2.75, 3.05) is 43.4 Å². The van der Waals surface area contributed by atoms with Gasteiger partial charge in [-0.2, -0.15) is 23.1 Å². The van der Waals surface area contributed by atoms with Gasteiger partial charge in [0.2, 0.25) is 0 Å². The summed E-state index contributed by atoms with van der Waals surface area (Å²) in [5.41, 5.74) is 4.21. The predicted octanol–water partition coefficient (Wildman–Crippen LogP) is 6.20. The quantitative estimate of drug-likeness (QED) is 0.244. The monoisotopic (exact) mass is 665 g/mol. The molecule has 4 aromatic rings. The molecule has 0 amide bonds. The van der Waals surface area contributed by atoms with Crippen LogP contribution >= 0.6 is 22.9 Å². The lowest BCUT2D eigenvalue weighted by Crippen LogP contribution is -2.51. The van der Waals surface area contributed by atoms with Crippen molar-refractivity contribution in [1.82, 2.24) is 25.2 Å². The van der Waals surface area contributed by atoms with Gasteiger partial charge in [-0.3, -0.25) is 4.90 Å². The Morgan fingerprint density at radius 3 is 2.64 bits per heavy atom. The normalized spacial score (nSPS) is 26.8. The molecule has 6 heterocycles. The molecule has 4 fully saturated rings. The maximum absolute atomic E-state index is 16.8. The molecule has 0 saturated carbocycles. The van der Waals surface area contributed by atoms with Gasteiger partial charge in [0.05, 0.1) is 26.3 Å². The first kappa shape index (κ1) is 29.3.